The van der Waals surface area contributed by atoms with Crippen molar-refractivity contribution >= 4 is 40.3 Å². The minimum atomic E-state index is -0.152. The van der Waals surface area contributed by atoms with Gasteiger partial charge in [0.25, 0.3) is 0 Å². The number of pyridine rings is 1. The van der Waals surface area contributed by atoms with E-state index in [4.69, 9.17) is 0 Å². The summed E-state index contributed by atoms with van der Waals surface area (Å²) in [4.78, 5) is 15.7. The lowest BCUT2D eigenvalue weighted by Gasteiger charge is -2.01. The van der Waals surface area contributed by atoms with Gasteiger partial charge in [-0.05, 0) is 58.5 Å². The van der Waals surface area contributed by atoms with E-state index in [0.29, 0.717) is 0 Å². The molecule has 1 heterocycles. The van der Waals surface area contributed by atoms with Crippen LogP contribution in [0.2, 0.25) is 0 Å². The van der Waals surface area contributed by atoms with Gasteiger partial charge in [0.1, 0.15) is 0 Å². The largest absolute Gasteiger partial charge is 0.322 e. The maximum Gasteiger partial charge on any atom is 0.248 e. The Balaban J connectivity index is 1.99. The molecule has 0 aliphatic carbocycles. The highest BCUT2D eigenvalue weighted by Gasteiger charge is 1.97. The summed E-state index contributed by atoms with van der Waals surface area (Å²) in [5.41, 5.74) is 1.69. The van der Waals surface area contributed by atoms with Gasteiger partial charge in [-0.15, -0.1) is 0 Å². The first-order chi connectivity index (χ1) is 8.74. The smallest absolute Gasteiger partial charge is 0.248 e. The van der Waals surface area contributed by atoms with Crippen molar-refractivity contribution in [1.29, 1.82) is 0 Å². The average Bonchev–Trinajstić information content (AvgIpc) is 2.38. The Morgan fingerprint density at radius 2 is 2.17 bits per heavy atom. The van der Waals surface area contributed by atoms with E-state index in [9.17, 15) is 4.79 Å². The van der Waals surface area contributed by atoms with Crippen molar-refractivity contribution in [3.05, 3.63) is 64.0 Å². The Bertz CT molecular complexity index is 567. The maximum absolute atomic E-state index is 11.7. The zero-order valence-corrected chi connectivity index (χ0v) is 11.7. The number of nitrogens with one attached hydrogen (secondary N) is 1. The summed E-state index contributed by atoms with van der Waals surface area (Å²) in [6.07, 6.45) is 6.63. The second-order valence-corrected chi connectivity index (χ2v) is 4.86. The normalized spacial score (nSPS) is 10.5. The molecule has 18 heavy (non-hydrogen) atoms. The number of hydrogen-bond donors (Lipinski definition) is 1. The van der Waals surface area contributed by atoms with Crippen molar-refractivity contribution < 1.29 is 4.79 Å². The summed E-state index contributed by atoms with van der Waals surface area (Å²) < 4.78 is 1.08. The molecule has 0 saturated carbocycles. The number of rotatable bonds is 3. The Kier molecular flexibility index (Phi) is 4.46. The first-order valence-corrected chi connectivity index (χ1v) is 6.46. The quantitative estimate of drug-likeness (QED) is 0.682. The van der Waals surface area contributed by atoms with E-state index in [0.717, 1.165) is 14.8 Å². The fourth-order valence-electron chi connectivity index (χ4n) is 1.40. The molecule has 0 atom stereocenters. The molecule has 1 N–H and O–H groups in total. The molecular formula is C14H11IN2O. The Labute approximate surface area is 119 Å². The van der Waals surface area contributed by atoms with Gasteiger partial charge in [0.15, 0.2) is 0 Å². The minimum absolute atomic E-state index is 0.152. The molecule has 90 valence electrons. The lowest BCUT2D eigenvalue weighted by Crippen LogP contribution is -2.07. The fraction of sp³-hybridized carbons (Fsp3) is 0. The molecule has 1 aromatic heterocycles. The van der Waals surface area contributed by atoms with Gasteiger partial charge in [-0.3, -0.25) is 9.78 Å². The molecular weight excluding hydrogens is 339 g/mol. The van der Waals surface area contributed by atoms with Crippen LogP contribution in [0.5, 0.6) is 0 Å². The molecule has 0 aliphatic heterocycles. The van der Waals surface area contributed by atoms with Gasteiger partial charge in [-0.2, -0.15) is 0 Å². The standard InChI is InChI=1S/C14H11IN2O/c15-12-4-1-5-13(9-12)17-14(18)7-6-11-3-2-8-16-10-11/h1-10H,(H,17,18)/b7-6+. The Morgan fingerprint density at radius 1 is 1.28 bits per heavy atom. The molecule has 3 nitrogen and oxygen atoms in total. The van der Waals surface area contributed by atoms with Crippen LogP contribution in [0.1, 0.15) is 5.56 Å². The highest BCUT2D eigenvalue weighted by molar-refractivity contribution is 14.1. The topological polar surface area (TPSA) is 42.0 Å². The Hall–Kier alpha value is -1.69. The predicted octanol–water partition coefficient (Wildman–Crippen LogP) is 3.34. The number of benzene rings is 1. The van der Waals surface area contributed by atoms with Gasteiger partial charge in [-0.25, -0.2) is 0 Å². The van der Waals surface area contributed by atoms with Crippen molar-refractivity contribution in [1.82, 2.24) is 4.98 Å². The number of anilines is 1. The van der Waals surface area contributed by atoms with Crippen molar-refractivity contribution in [2.45, 2.75) is 0 Å². The van der Waals surface area contributed by atoms with E-state index >= 15 is 0 Å². The van der Waals surface area contributed by atoms with E-state index in [1.807, 2.05) is 36.4 Å². The van der Waals surface area contributed by atoms with Gasteiger partial charge < -0.3 is 5.32 Å². The average molecular weight is 350 g/mol. The molecule has 1 aromatic carbocycles. The molecule has 0 bridgehead atoms. The first kappa shape index (κ1) is 12.8. The molecule has 2 rings (SSSR count). The summed E-state index contributed by atoms with van der Waals surface area (Å²) in [5.74, 6) is -0.152. The molecule has 0 unspecified atom stereocenters. The molecule has 0 aliphatic rings. The van der Waals surface area contributed by atoms with Crippen LogP contribution in [0.15, 0.2) is 54.9 Å². The maximum atomic E-state index is 11.7. The summed E-state index contributed by atoms with van der Waals surface area (Å²) in [5, 5.41) is 2.80. The third-order valence-corrected chi connectivity index (χ3v) is 2.87. The second-order valence-electron chi connectivity index (χ2n) is 3.62. The van der Waals surface area contributed by atoms with Gasteiger partial charge >= 0.3 is 0 Å². The number of nitrogens with zero attached hydrogens (tertiary/aromatic N) is 1. The molecule has 0 fully saturated rings. The van der Waals surface area contributed by atoms with Crippen molar-refractivity contribution in [3.8, 4) is 0 Å². The van der Waals surface area contributed by atoms with Gasteiger partial charge in [0, 0.05) is 27.7 Å². The first-order valence-electron chi connectivity index (χ1n) is 5.39. The van der Waals surface area contributed by atoms with Crippen molar-refractivity contribution in [2.75, 3.05) is 5.32 Å². The van der Waals surface area contributed by atoms with Crippen LogP contribution < -0.4 is 5.32 Å². The van der Waals surface area contributed by atoms with Crippen LogP contribution in [0.25, 0.3) is 6.08 Å². The lowest BCUT2D eigenvalue weighted by atomic mass is 10.2. The molecule has 0 spiro atoms. The van der Waals surface area contributed by atoms with Crippen LogP contribution in [0, 0.1) is 3.57 Å². The van der Waals surface area contributed by atoms with Gasteiger partial charge in [0.05, 0.1) is 0 Å². The summed E-state index contributed by atoms with van der Waals surface area (Å²) in [6.45, 7) is 0. The number of carbonyl (C=O) groups excluding carboxylic acids is 1. The molecule has 2 aromatic rings. The zero-order valence-electron chi connectivity index (χ0n) is 9.51. The predicted molar refractivity (Wildman–Crippen MR) is 81.1 cm³/mol. The SMILES string of the molecule is O=C(/C=C/c1cccnc1)Nc1cccc(I)c1. The third-order valence-electron chi connectivity index (χ3n) is 2.20. The third kappa shape index (κ3) is 3.96. The highest BCUT2D eigenvalue weighted by atomic mass is 127. The number of halogens is 1. The van der Waals surface area contributed by atoms with E-state index < -0.39 is 0 Å². The van der Waals surface area contributed by atoms with Crippen LogP contribution in [0.3, 0.4) is 0 Å². The molecule has 0 radical (unpaired) electrons. The van der Waals surface area contributed by atoms with Crippen molar-refractivity contribution in [3.63, 3.8) is 0 Å². The summed E-state index contributed by atoms with van der Waals surface area (Å²) in [7, 11) is 0. The number of carbonyl (C=O) groups is 1. The van der Waals surface area contributed by atoms with Crippen LogP contribution in [-0.4, -0.2) is 10.9 Å². The summed E-state index contributed by atoms with van der Waals surface area (Å²) in [6, 6.07) is 11.4. The van der Waals surface area contributed by atoms with Gasteiger partial charge in [0.2, 0.25) is 5.91 Å². The van der Waals surface area contributed by atoms with Crippen molar-refractivity contribution in [2.24, 2.45) is 0 Å². The zero-order chi connectivity index (χ0) is 12.8. The lowest BCUT2D eigenvalue weighted by molar-refractivity contribution is -0.111. The summed E-state index contributed by atoms with van der Waals surface area (Å²) >= 11 is 2.21. The fourth-order valence-corrected chi connectivity index (χ4v) is 1.94. The highest BCUT2D eigenvalue weighted by Crippen LogP contribution is 2.12. The van der Waals surface area contributed by atoms with Gasteiger partial charge in [-0.1, -0.05) is 12.1 Å². The van der Waals surface area contributed by atoms with E-state index in [2.05, 4.69) is 32.9 Å². The molecule has 4 heteroatoms. The molecule has 1 amide bonds. The number of amides is 1. The van der Waals surface area contributed by atoms with Crippen LogP contribution >= 0.6 is 22.6 Å². The second kappa shape index (κ2) is 6.30. The van der Waals surface area contributed by atoms with E-state index in [-0.39, 0.29) is 5.91 Å². The number of hydrogen-bond acceptors (Lipinski definition) is 2. The van der Waals surface area contributed by atoms with Crippen LogP contribution in [0.4, 0.5) is 5.69 Å². The van der Waals surface area contributed by atoms with E-state index in [1.54, 1.807) is 18.5 Å². The molecule has 0 saturated heterocycles. The Morgan fingerprint density at radius 3 is 2.89 bits per heavy atom. The van der Waals surface area contributed by atoms with Crippen LogP contribution in [-0.2, 0) is 4.79 Å². The minimum Gasteiger partial charge on any atom is -0.322 e. The monoisotopic (exact) mass is 350 g/mol. The number of aromatic nitrogens is 1. The van der Waals surface area contributed by atoms with E-state index in [1.165, 1.54) is 6.08 Å².